The number of sulfonamides is 1. The maximum Gasteiger partial charge on any atom is 0.264 e. The molecule has 6 nitrogen and oxygen atoms in total. The Kier molecular flexibility index (Phi) is 5.08. The topological polar surface area (TPSA) is 86.7 Å². The molecule has 1 aliphatic rings. The Labute approximate surface area is 169 Å². The maximum atomic E-state index is 13.5. The standard InChI is InChI=1S/C22H20N2O4S/c25-22(23-26)15-20-14-18-13-17(16-7-3-1-4-8-16)11-12-21(18)29(27,28)24(20)19-9-5-2-6-10-19/h1-13,20,26H,14-15H2,(H,23,25). The zero-order chi connectivity index (χ0) is 20.4. The Morgan fingerprint density at radius 1 is 0.966 bits per heavy atom. The van der Waals surface area contributed by atoms with Crippen LogP contribution in [-0.4, -0.2) is 25.6 Å². The third-order valence-electron chi connectivity index (χ3n) is 5.05. The van der Waals surface area contributed by atoms with Crippen LogP contribution in [0.25, 0.3) is 11.1 Å². The first-order chi connectivity index (χ1) is 14.0. The van der Waals surface area contributed by atoms with Gasteiger partial charge in [-0.3, -0.25) is 14.3 Å². The number of nitrogens with one attached hydrogen (secondary N) is 1. The van der Waals surface area contributed by atoms with Gasteiger partial charge in [-0.1, -0.05) is 54.6 Å². The van der Waals surface area contributed by atoms with E-state index >= 15 is 0 Å². The average Bonchev–Trinajstić information content (AvgIpc) is 2.74. The Morgan fingerprint density at radius 3 is 2.28 bits per heavy atom. The monoisotopic (exact) mass is 408 g/mol. The van der Waals surface area contributed by atoms with Crippen LogP contribution in [0.5, 0.6) is 0 Å². The molecule has 7 heteroatoms. The summed E-state index contributed by atoms with van der Waals surface area (Å²) in [6.07, 6.45) is 0.206. The molecule has 1 aliphatic heterocycles. The first-order valence-corrected chi connectivity index (χ1v) is 10.7. The lowest BCUT2D eigenvalue weighted by Crippen LogP contribution is -2.47. The summed E-state index contributed by atoms with van der Waals surface area (Å²) in [7, 11) is -3.87. The van der Waals surface area contributed by atoms with Crippen LogP contribution >= 0.6 is 0 Å². The van der Waals surface area contributed by atoms with E-state index < -0.39 is 22.0 Å². The summed E-state index contributed by atoms with van der Waals surface area (Å²) in [4.78, 5) is 12.1. The molecule has 29 heavy (non-hydrogen) atoms. The second-order valence-electron chi connectivity index (χ2n) is 6.92. The number of nitrogens with zero attached hydrogens (tertiary/aromatic N) is 1. The van der Waals surface area contributed by atoms with Crippen molar-refractivity contribution in [2.45, 2.75) is 23.8 Å². The van der Waals surface area contributed by atoms with Crippen molar-refractivity contribution < 1.29 is 18.4 Å². The molecule has 0 saturated heterocycles. The van der Waals surface area contributed by atoms with Gasteiger partial charge in [-0.2, -0.15) is 0 Å². The molecule has 148 valence electrons. The minimum Gasteiger partial charge on any atom is -0.289 e. The summed E-state index contributed by atoms with van der Waals surface area (Å²) in [6.45, 7) is 0. The fraction of sp³-hybridized carbons (Fsp3) is 0.136. The molecular weight excluding hydrogens is 388 g/mol. The van der Waals surface area contributed by atoms with Crippen molar-refractivity contribution in [2.75, 3.05) is 4.31 Å². The van der Waals surface area contributed by atoms with E-state index in [9.17, 15) is 13.2 Å². The van der Waals surface area contributed by atoms with Crippen LogP contribution in [0.3, 0.4) is 0 Å². The summed E-state index contributed by atoms with van der Waals surface area (Å²) >= 11 is 0. The van der Waals surface area contributed by atoms with E-state index in [1.54, 1.807) is 47.9 Å². The number of fused-ring (bicyclic) bond motifs is 1. The highest BCUT2D eigenvalue weighted by molar-refractivity contribution is 7.93. The van der Waals surface area contributed by atoms with E-state index in [1.807, 2.05) is 36.4 Å². The van der Waals surface area contributed by atoms with Crippen LogP contribution in [0.1, 0.15) is 12.0 Å². The zero-order valence-corrected chi connectivity index (χ0v) is 16.3. The third-order valence-corrected chi connectivity index (χ3v) is 7.03. The highest BCUT2D eigenvalue weighted by Crippen LogP contribution is 2.37. The molecule has 3 aromatic carbocycles. The van der Waals surface area contributed by atoms with Gasteiger partial charge in [0.2, 0.25) is 5.91 Å². The molecule has 2 N–H and O–H groups in total. The number of benzene rings is 3. The average molecular weight is 408 g/mol. The van der Waals surface area contributed by atoms with Gasteiger partial charge in [0.25, 0.3) is 10.0 Å². The molecule has 1 heterocycles. The van der Waals surface area contributed by atoms with Gasteiger partial charge in [-0.25, -0.2) is 13.9 Å². The maximum absolute atomic E-state index is 13.5. The Morgan fingerprint density at radius 2 is 1.62 bits per heavy atom. The Balaban J connectivity index is 1.83. The minimum atomic E-state index is -3.87. The molecule has 0 fully saturated rings. The van der Waals surface area contributed by atoms with Crippen molar-refractivity contribution in [2.24, 2.45) is 0 Å². The molecule has 0 radical (unpaired) electrons. The number of carbonyl (C=O) groups excluding carboxylic acids is 1. The number of hydrogen-bond acceptors (Lipinski definition) is 4. The number of anilines is 1. The summed E-state index contributed by atoms with van der Waals surface area (Å²) in [5, 5.41) is 8.97. The van der Waals surface area contributed by atoms with Crippen LogP contribution in [0.15, 0.2) is 83.8 Å². The van der Waals surface area contributed by atoms with Gasteiger partial charge in [0.05, 0.1) is 23.0 Å². The molecule has 0 aromatic heterocycles. The Bertz CT molecular complexity index is 1130. The predicted molar refractivity (Wildman–Crippen MR) is 110 cm³/mol. The number of carbonyl (C=O) groups is 1. The summed E-state index contributed by atoms with van der Waals surface area (Å²) in [5.41, 5.74) is 4.66. The molecule has 1 atom stereocenters. The van der Waals surface area contributed by atoms with Gasteiger partial charge in [-0.05, 0) is 47.4 Å². The van der Waals surface area contributed by atoms with Gasteiger partial charge in [0.15, 0.2) is 0 Å². The molecule has 3 aromatic rings. The normalized spacial score (nSPS) is 17.4. The van der Waals surface area contributed by atoms with Gasteiger partial charge >= 0.3 is 0 Å². The largest absolute Gasteiger partial charge is 0.289 e. The van der Waals surface area contributed by atoms with Gasteiger partial charge in [0.1, 0.15) is 0 Å². The van der Waals surface area contributed by atoms with Crippen molar-refractivity contribution in [3.8, 4) is 11.1 Å². The van der Waals surface area contributed by atoms with Gasteiger partial charge < -0.3 is 0 Å². The van der Waals surface area contributed by atoms with E-state index in [1.165, 1.54) is 4.31 Å². The number of amides is 1. The highest BCUT2D eigenvalue weighted by Gasteiger charge is 2.39. The lowest BCUT2D eigenvalue weighted by molar-refractivity contribution is -0.129. The van der Waals surface area contributed by atoms with Crippen LogP contribution in [0.2, 0.25) is 0 Å². The first kappa shape index (κ1) is 19.2. The molecular formula is C22H20N2O4S. The van der Waals surface area contributed by atoms with Crippen LogP contribution < -0.4 is 9.79 Å². The molecule has 4 rings (SSSR count). The number of hydroxylamine groups is 1. The van der Waals surface area contributed by atoms with Crippen LogP contribution in [0, 0.1) is 0 Å². The summed E-state index contributed by atoms with van der Waals surface area (Å²) in [6, 6.07) is 23.1. The number of rotatable bonds is 4. The smallest absolute Gasteiger partial charge is 0.264 e. The van der Waals surface area contributed by atoms with E-state index in [0.29, 0.717) is 17.7 Å². The molecule has 1 unspecified atom stereocenters. The van der Waals surface area contributed by atoms with Crippen molar-refractivity contribution in [1.82, 2.24) is 5.48 Å². The van der Waals surface area contributed by atoms with Crippen molar-refractivity contribution in [3.05, 3.63) is 84.4 Å². The quantitative estimate of drug-likeness (QED) is 0.512. The lowest BCUT2D eigenvalue weighted by atomic mass is 9.97. The number of hydrogen-bond donors (Lipinski definition) is 2. The van der Waals surface area contributed by atoms with E-state index in [-0.39, 0.29) is 11.3 Å². The van der Waals surface area contributed by atoms with E-state index in [2.05, 4.69) is 0 Å². The second-order valence-corrected chi connectivity index (χ2v) is 8.71. The molecule has 1 amide bonds. The molecule has 0 spiro atoms. The summed E-state index contributed by atoms with van der Waals surface area (Å²) in [5.74, 6) is -0.631. The third kappa shape index (κ3) is 3.62. The fourth-order valence-electron chi connectivity index (χ4n) is 3.78. The van der Waals surface area contributed by atoms with Gasteiger partial charge in [0, 0.05) is 0 Å². The lowest BCUT2D eigenvalue weighted by Gasteiger charge is -2.37. The number of para-hydroxylation sites is 1. The van der Waals surface area contributed by atoms with Gasteiger partial charge in [-0.15, -0.1) is 0 Å². The zero-order valence-electron chi connectivity index (χ0n) is 15.5. The Hall–Kier alpha value is -3.16. The highest BCUT2D eigenvalue weighted by atomic mass is 32.2. The molecule has 0 aliphatic carbocycles. The van der Waals surface area contributed by atoms with Crippen LogP contribution in [0.4, 0.5) is 5.69 Å². The SMILES string of the molecule is O=C(CC1Cc2cc(-c3ccccc3)ccc2S(=O)(=O)N1c1ccccc1)NO. The van der Waals surface area contributed by atoms with E-state index in [0.717, 1.165) is 11.1 Å². The van der Waals surface area contributed by atoms with E-state index in [4.69, 9.17) is 5.21 Å². The van der Waals surface area contributed by atoms with Crippen molar-refractivity contribution in [3.63, 3.8) is 0 Å². The second kappa shape index (κ2) is 7.69. The van der Waals surface area contributed by atoms with Crippen molar-refractivity contribution >= 4 is 21.6 Å². The minimum absolute atomic E-state index is 0.153. The molecule has 0 bridgehead atoms. The van der Waals surface area contributed by atoms with Crippen molar-refractivity contribution in [1.29, 1.82) is 0 Å². The predicted octanol–water partition coefficient (Wildman–Crippen LogP) is 3.37. The molecule has 0 saturated carbocycles. The first-order valence-electron chi connectivity index (χ1n) is 9.21. The van der Waals surface area contributed by atoms with Crippen LogP contribution in [-0.2, 0) is 21.2 Å². The summed E-state index contributed by atoms with van der Waals surface area (Å²) < 4.78 is 28.2. The fourth-order valence-corrected chi connectivity index (χ4v) is 5.65.